The third-order valence-corrected chi connectivity index (χ3v) is 3.00. The Kier molecular flexibility index (Phi) is 22.4. The minimum atomic E-state index is 0.242. The van der Waals surface area contributed by atoms with Gasteiger partial charge in [-0.15, -0.1) is 0 Å². The lowest BCUT2D eigenvalue weighted by molar-refractivity contribution is -0.118. The summed E-state index contributed by atoms with van der Waals surface area (Å²) in [4.78, 5) is 12.0. The third-order valence-electron chi connectivity index (χ3n) is 3.00. The third kappa shape index (κ3) is 21.4. The van der Waals surface area contributed by atoms with Gasteiger partial charge in [0.25, 0.3) is 0 Å². The summed E-state index contributed by atoms with van der Waals surface area (Å²) in [6.45, 7) is 16.0. The first-order valence-corrected chi connectivity index (χ1v) is 7.81. The highest BCUT2D eigenvalue weighted by molar-refractivity contribution is 5.47. The van der Waals surface area contributed by atoms with Gasteiger partial charge in [-0.2, -0.15) is 0 Å². The molecule has 0 aliphatic carbocycles. The van der Waals surface area contributed by atoms with Gasteiger partial charge < -0.3 is 9.64 Å². The maximum atomic E-state index is 10.4. The Morgan fingerprint density at radius 3 is 1.86 bits per heavy atom. The second-order valence-electron chi connectivity index (χ2n) is 5.18. The Labute approximate surface area is 133 Å². The van der Waals surface area contributed by atoms with Gasteiger partial charge in [0.1, 0.15) is 0 Å². The van der Waals surface area contributed by atoms with E-state index in [1.807, 2.05) is 39.8 Å². The molecular weight excluding hydrogens is 262 g/mol. The van der Waals surface area contributed by atoms with E-state index in [-0.39, 0.29) is 6.04 Å². The lowest BCUT2D eigenvalue weighted by atomic mass is 10.1. The van der Waals surface area contributed by atoms with Crippen molar-refractivity contribution in [3.8, 4) is 0 Å². The summed E-state index contributed by atoms with van der Waals surface area (Å²) < 4.78 is 4.75. The monoisotopic (exact) mass is 299 g/mol. The molecular formula is C18H37NO2. The van der Waals surface area contributed by atoms with E-state index < -0.39 is 0 Å². The lowest BCUT2D eigenvalue weighted by Crippen LogP contribution is -2.27. The van der Waals surface area contributed by atoms with Crippen molar-refractivity contribution >= 4 is 6.41 Å². The second kappa shape index (κ2) is 18.9. The number of carbonyl (C=O) groups excluding carboxylic acids is 1. The van der Waals surface area contributed by atoms with Gasteiger partial charge in [0, 0.05) is 20.2 Å². The topological polar surface area (TPSA) is 29.5 Å². The summed E-state index contributed by atoms with van der Waals surface area (Å²) in [6.07, 6.45) is 8.59. The summed E-state index contributed by atoms with van der Waals surface area (Å²) in [5.41, 5.74) is 1.18. The van der Waals surface area contributed by atoms with Gasteiger partial charge in [0.15, 0.2) is 0 Å². The Morgan fingerprint density at radius 2 is 1.67 bits per heavy atom. The van der Waals surface area contributed by atoms with Crippen LogP contribution in [0, 0.1) is 0 Å². The highest BCUT2D eigenvalue weighted by Gasteiger charge is 2.06. The van der Waals surface area contributed by atoms with E-state index in [1.165, 1.54) is 18.4 Å². The lowest BCUT2D eigenvalue weighted by Gasteiger charge is -2.20. The Balaban J connectivity index is -0.000000297. The predicted molar refractivity (Wildman–Crippen MR) is 94.6 cm³/mol. The summed E-state index contributed by atoms with van der Waals surface area (Å²) in [5, 5.41) is 0. The van der Waals surface area contributed by atoms with E-state index in [1.54, 1.807) is 19.1 Å². The molecule has 0 saturated heterocycles. The summed E-state index contributed by atoms with van der Waals surface area (Å²) in [5.74, 6) is 0. The smallest absolute Gasteiger partial charge is 0.209 e. The second-order valence-corrected chi connectivity index (χ2v) is 5.18. The average molecular weight is 299 g/mol. The molecule has 0 aromatic carbocycles. The fourth-order valence-electron chi connectivity index (χ4n) is 0.908. The normalized spacial score (nSPS) is 11.6. The van der Waals surface area contributed by atoms with Crippen LogP contribution in [0.3, 0.4) is 0 Å². The molecule has 3 nitrogen and oxygen atoms in total. The van der Waals surface area contributed by atoms with E-state index in [9.17, 15) is 4.79 Å². The Morgan fingerprint density at radius 1 is 1.24 bits per heavy atom. The van der Waals surface area contributed by atoms with Crippen molar-refractivity contribution in [2.45, 2.75) is 73.0 Å². The maximum absolute atomic E-state index is 10.4. The maximum Gasteiger partial charge on any atom is 0.209 e. The first-order valence-electron chi connectivity index (χ1n) is 7.81. The molecule has 126 valence electrons. The number of carbonyl (C=O) groups is 1. The van der Waals surface area contributed by atoms with Gasteiger partial charge in [-0.05, 0) is 34.1 Å². The van der Waals surface area contributed by atoms with Crippen LogP contribution in [0.4, 0.5) is 0 Å². The highest BCUT2D eigenvalue weighted by atomic mass is 16.5. The van der Waals surface area contributed by atoms with Crippen molar-refractivity contribution in [1.29, 1.82) is 0 Å². The van der Waals surface area contributed by atoms with Gasteiger partial charge in [0.2, 0.25) is 6.41 Å². The molecule has 0 spiro atoms. The molecule has 21 heavy (non-hydrogen) atoms. The molecule has 1 atom stereocenters. The first kappa shape index (κ1) is 24.9. The molecule has 0 saturated carbocycles. The van der Waals surface area contributed by atoms with Gasteiger partial charge in [-0.1, -0.05) is 51.0 Å². The van der Waals surface area contributed by atoms with Gasteiger partial charge >= 0.3 is 0 Å². The van der Waals surface area contributed by atoms with E-state index in [4.69, 9.17) is 4.74 Å². The van der Waals surface area contributed by atoms with Crippen molar-refractivity contribution in [3.05, 3.63) is 24.3 Å². The predicted octanol–water partition coefficient (Wildman–Crippen LogP) is 4.83. The number of ether oxygens (including phenoxy) is 1. The van der Waals surface area contributed by atoms with Crippen molar-refractivity contribution in [2.24, 2.45) is 0 Å². The van der Waals surface area contributed by atoms with E-state index in [0.29, 0.717) is 6.10 Å². The zero-order valence-electron chi connectivity index (χ0n) is 15.5. The molecule has 0 aliphatic heterocycles. The van der Waals surface area contributed by atoms with Gasteiger partial charge in [0.05, 0.1) is 6.10 Å². The zero-order chi connectivity index (χ0) is 17.3. The summed E-state index contributed by atoms with van der Waals surface area (Å²) in [6, 6.07) is 0.242. The fraction of sp³-hybridized carbons (Fsp3) is 0.722. The van der Waals surface area contributed by atoms with Crippen LogP contribution in [0.2, 0.25) is 0 Å². The van der Waals surface area contributed by atoms with Crippen molar-refractivity contribution in [3.63, 3.8) is 0 Å². The SMILES string of the molecule is C=C/C(=C\C)CC(C)N(C)C=O.CCCC.COC(C)C. The van der Waals surface area contributed by atoms with Crippen molar-refractivity contribution in [1.82, 2.24) is 4.90 Å². The molecule has 0 heterocycles. The van der Waals surface area contributed by atoms with Crippen LogP contribution in [0.15, 0.2) is 24.3 Å². The van der Waals surface area contributed by atoms with Crippen LogP contribution < -0.4 is 0 Å². The van der Waals surface area contributed by atoms with Crippen LogP contribution in [0.5, 0.6) is 0 Å². The quantitative estimate of drug-likeness (QED) is 0.497. The largest absolute Gasteiger partial charge is 0.382 e. The van der Waals surface area contributed by atoms with Crippen LogP contribution in [-0.4, -0.2) is 37.6 Å². The minimum absolute atomic E-state index is 0.242. The molecule has 3 heteroatoms. The molecule has 0 aromatic rings. The number of unbranched alkanes of at least 4 members (excludes halogenated alkanes) is 1. The van der Waals surface area contributed by atoms with Crippen molar-refractivity contribution in [2.75, 3.05) is 14.2 Å². The van der Waals surface area contributed by atoms with E-state index in [2.05, 4.69) is 20.4 Å². The van der Waals surface area contributed by atoms with E-state index in [0.717, 1.165) is 12.8 Å². The van der Waals surface area contributed by atoms with Gasteiger partial charge in [-0.25, -0.2) is 0 Å². The minimum Gasteiger partial charge on any atom is -0.382 e. The molecule has 0 radical (unpaired) electrons. The molecule has 0 rings (SSSR count). The number of rotatable bonds is 7. The van der Waals surface area contributed by atoms with Gasteiger partial charge in [-0.3, -0.25) is 4.79 Å². The molecule has 1 unspecified atom stereocenters. The Hall–Kier alpha value is -1.09. The number of methoxy groups -OCH3 is 1. The Bertz CT molecular complexity index is 258. The number of hydrogen-bond acceptors (Lipinski definition) is 2. The number of hydrogen-bond donors (Lipinski definition) is 0. The first-order chi connectivity index (χ1) is 9.83. The van der Waals surface area contributed by atoms with E-state index >= 15 is 0 Å². The van der Waals surface area contributed by atoms with Crippen molar-refractivity contribution < 1.29 is 9.53 Å². The summed E-state index contributed by atoms with van der Waals surface area (Å²) in [7, 11) is 3.48. The molecule has 0 N–H and O–H groups in total. The summed E-state index contributed by atoms with van der Waals surface area (Å²) >= 11 is 0. The molecule has 1 amide bonds. The number of nitrogens with zero attached hydrogens (tertiary/aromatic N) is 1. The molecule has 0 aromatic heterocycles. The number of allylic oxidation sites excluding steroid dienone is 2. The highest BCUT2D eigenvalue weighted by Crippen LogP contribution is 2.09. The number of amides is 1. The molecule has 0 aliphatic rings. The average Bonchev–Trinajstić information content (AvgIpc) is 2.51. The van der Waals surface area contributed by atoms with Crippen LogP contribution >= 0.6 is 0 Å². The fourth-order valence-corrected chi connectivity index (χ4v) is 0.908. The molecule has 0 bridgehead atoms. The van der Waals surface area contributed by atoms with Crippen LogP contribution in [0.1, 0.15) is 60.8 Å². The van der Waals surface area contributed by atoms with Crippen LogP contribution in [-0.2, 0) is 9.53 Å². The van der Waals surface area contributed by atoms with Crippen LogP contribution in [0.25, 0.3) is 0 Å². The standard InChI is InChI=1S/C10H17NO.C4H10O.C4H10/c1-5-10(6-2)7-9(3)11(4)8-12;1-4(2)5-3;1-3-4-2/h5-6,8-9H,1,7H2,2-4H3;4H,1-3H3;3-4H2,1-2H3/b10-6+;;. The zero-order valence-corrected chi connectivity index (χ0v) is 15.5. The molecule has 0 fully saturated rings.